The number of esters is 1. The van der Waals surface area contributed by atoms with E-state index in [1.807, 2.05) is 0 Å². The minimum atomic E-state index is -0.451. The van der Waals surface area contributed by atoms with E-state index < -0.39 is 5.97 Å². The molecule has 0 atom stereocenters. The number of fused-ring (bicyclic) bond motifs is 1. The van der Waals surface area contributed by atoms with Gasteiger partial charge in [0.25, 0.3) is 0 Å². The highest BCUT2D eigenvalue weighted by molar-refractivity contribution is 5.94. The van der Waals surface area contributed by atoms with Crippen molar-refractivity contribution in [3.63, 3.8) is 0 Å². The Kier molecular flexibility index (Phi) is 2.72. The standard InChI is InChI=1S/C12H11NO3/c1-2-16-12(15)10-6-8-4-3-5-11(14)9(8)7-13-10/h3-7,14H,2H2,1H3. The number of carbonyl (C=O) groups is 1. The first-order chi connectivity index (χ1) is 7.72. The molecular weight excluding hydrogens is 206 g/mol. The lowest BCUT2D eigenvalue weighted by atomic mass is 10.1. The summed E-state index contributed by atoms with van der Waals surface area (Å²) < 4.78 is 4.84. The first-order valence-electron chi connectivity index (χ1n) is 4.97. The van der Waals surface area contributed by atoms with Gasteiger partial charge < -0.3 is 9.84 Å². The minimum Gasteiger partial charge on any atom is -0.507 e. The van der Waals surface area contributed by atoms with E-state index >= 15 is 0 Å². The van der Waals surface area contributed by atoms with E-state index in [1.54, 1.807) is 31.2 Å². The largest absolute Gasteiger partial charge is 0.507 e. The van der Waals surface area contributed by atoms with Crippen LogP contribution in [0.1, 0.15) is 17.4 Å². The fraction of sp³-hybridized carbons (Fsp3) is 0.167. The molecule has 0 saturated heterocycles. The van der Waals surface area contributed by atoms with E-state index in [-0.39, 0.29) is 11.4 Å². The van der Waals surface area contributed by atoms with E-state index in [1.165, 1.54) is 6.20 Å². The molecule has 0 bridgehead atoms. The molecule has 1 aromatic heterocycles. The molecule has 0 spiro atoms. The van der Waals surface area contributed by atoms with Gasteiger partial charge in [0.1, 0.15) is 11.4 Å². The number of aromatic nitrogens is 1. The van der Waals surface area contributed by atoms with Crippen molar-refractivity contribution in [3.05, 3.63) is 36.2 Å². The molecule has 2 rings (SSSR count). The summed E-state index contributed by atoms with van der Waals surface area (Å²) in [5.41, 5.74) is 0.250. The van der Waals surface area contributed by atoms with Crippen molar-refractivity contribution in [2.45, 2.75) is 6.92 Å². The number of carbonyl (C=O) groups excluding carboxylic acids is 1. The third-order valence-electron chi connectivity index (χ3n) is 2.23. The Morgan fingerprint density at radius 3 is 3.06 bits per heavy atom. The molecular formula is C12H11NO3. The molecule has 4 heteroatoms. The number of nitrogens with zero attached hydrogens (tertiary/aromatic N) is 1. The lowest BCUT2D eigenvalue weighted by Crippen LogP contribution is -2.06. The lowest BCUT2D eigenvalue weighted by Gasteiger charge is -2.03. The van der Waals surface area contributed by atoms with E-state index in [2.05, 4.69) is 4.98 Å². The molecule has 0 aliphatic heterocycles. The van der Waals surface area contributed by atoms with Gasteiger partial charge >= 0.3 is 5.97 Å². The van der Waals surface area contributed by atoms with E-state index in [0.717, 1.165) is 5.39 Å². The topological polar surface area (TPSA) is 59.4 Å². The van der Waals surface area contributed by atoms with Gasteiger partial charge in [0.2, 0.25) is 0 Å². The zero-order chi connectivity index (χ0) is 11.5. The van der Waals surface area contributed by atoms with Crippen LogP contribution < -0.4 is 0 Å². The average molecular weight is 217 g/mol. The van der Waals surface area contributed by atoms with Crippen LogP contribution in [0, 0.1) is 0 Å². The molecule has 2 aromatic rings. The molecule has 0 aliphatic carbocycles. The average Bonchev–Trinajstić information content (AvgIpc) is 2.29. The summed E-state index contributed by atoms with van der Waals surface area (Å²) in [6, 6.07) is 6.70. The zero-order valence-electron chi connectivity index (χ0n) is 8.80. The highest BCUT2D eigenvalue weighted by Gasteiger charge is 2.09. The number of hydrogen-bond donors (Lipinski definition) is 1. The van der Waals surface area contributed by atoms with Crippen molar-refractivity contribution in [2.24, 2.45) is 0 Å². The van der Waals surface area contributed by atoms with Gasteiger partial charge in [-0.3, -0.25) is 0 Å². The van der Waals surface area contributed by atoms with Crippen molar-refractivity contribution in [2.75, 3.05) is 6.61 Å². The van der Waals surface area contributed by atoms with Crippen molar-refractivity contribution in [1.82, 2.24) is 4.98 Å². The van der Waals surface area contributed by atoms with Gasteiger partial charge in [-0.15, -0.1) is 0 Å². The maximum absolute atomic E-state index is 11.4. The second-order valence-electron chi connectivity index (χ2n) is 3.29. The predicted molar refractivity (Wildman–Crippen MR) is 59.4 cm³/mol. The summed E-state index contributed by atoms with van der Waals surface area (Å²) >= 11 is 0. The van der Waals surface area contributed by atoms with Crippen LogP contribution in [0.3, 0.4) is 0 Å². The molecule has 4 nitrogen and oxygen atoms in total. The Morgan fingerprint density at radius 2 is 2.31 bits per heavy atom. The predicted octanol–water partition coefficient (Wildman–Crippen LogP) is 2.12. The van der Waals surface area contributed by atoms with Gasteiger partial charge in [-0.2, -0.15) is 0 Å². The molecule has 1 heterocycles. The van der Waals surface area contributed by atoms with Crippen molar-refractivity contribution < 1.29 is 14.6 Å². The van der Waals surface area contributed by atoms with Crippen LogP contribution in [0.5, 0.6) is 5.75 Å². The molecule has 0 amide bonds. The van der Waals surface area contributed by atoms with Gasteiger partial charge in [-0.1, -0.05) is 12.1 Å². The second-order valence-corrected chi connectivity index (χ2v) is 3.29. The van der Waals surface area contributed by atoms with Crippen LogP contribution in [0.4, 0.5) is 0 Å². The molecule has 16 heavy (non-hydrogen) atoms. The second kappa shape index (κ2) is 4.18. The van der Waals surface area contributed by atoms with E-state index in [9.17, 15) is 9.90 Å². The smallest absolute Gasteiger partial charge is 0.356 e. The first kappa shape index (κ1) is 10.4. The fourth-order valence-corrected chi connectivity index (χ4v) is 1.47. The summed E-state index contributed by atoms with van der Waals surface area (Å²) in [5, 5.41) is 10.9. The number of phenolic OH excluding ortho intramolecular Hbond substituents is 1. The first-order valence-corrected chi connectivity index (χ1v) is 4.97. The monoisotopic (exact) mass is 217 g/mol. The number of phenols is 1. The molecule has 82 valence electrons. The Bertz CT molecular complexity index is 537. The molecule has 0 unspecified atom stereocenters. The van der Waals surface area contributed by atoms with Gasteiger partial charge in [-0.25, -0.2) is 9.78 Å². The Balaban J connectivity index is 2.48. The van der Waals surface area contributed by atoms with Crippen molar-refractivity contribution in [3.8, 4) is 5.75 Å². The maximum atomic E-state index is 11.4. The van der Waals surface area contributed by atoms with Crippen LogP contribution in [-0.4, -0.2) is 22.7 Å². The van der Waals surface area contributed by atoms with Crippen LogP contribution in [0.15, 0.2) is 30.5 Å². The molecule has 1 N–H and O–H groups in total. The van der Waals surface area contributed by atoms with Crippen LogP contribution in [0.2, 0.25) is 0 Å². The third-order valence-corrected chi connectivity index (χ3v) is 2.23. The maximum Gasteiger partial charge on any atom is 0.356 e. The number of benzene rings is 1. The Hall–Kier alpha value is -2.10. The number of ether oxygens (including phenoxy) is 1. The summed E-state index contributed by atoms with van der Waals surface area (Å²) in [5.74, 6) is -0.298. The van der Waals surface area contributed by atoms with Crippen LogP contribution >= 0.6 is 0 Å². The number of pyridine rings is 1. The SMILES string of the molecule is CCOC(=O)c1cc2cccc(O)c2cn1. The van der Waals surface area contributed by atoms with Gasteiger partial charge in [0.15, 0.2) is 0 Å². The highest BCUT2D eigenvalue weighted by atomic mass is 16.5. The minimum absolute atomic E-state index is 0.153. The Labute approximate surface area is 92.5 Å². The Morgan fingerprint density at radius 1 is 1.50 bits per heavy atom. The van der Waals surface area contributed by atoms with E-state index in [4.69, 9.17) is 4.74 Å². The molecule has 1 aromatic carbocycles. The number of hydrogen-bond acceptors (Lipinski definition) is 4. The van der Waals surface area contributed by atoms with Gasteiger partial charge in [0, 0.05) is 11.6 Å². The fourth-order valence-electron chi connectivity index (χ4n) is 1.47. The summed E-state index contributed by atoms with van der Waals surface area (Å²) in [7, 11) is 0. The molecule has 0 aliphatic rings. The molecule has 0 radical (unpaired) electrons. The van der Waals surface area contributed by atoms with Gasteiger partial charge in [0.05, 0.1) is 6.61 Å². The van der Waals surface area contributed by atoms with Crippen molar-refractivity contribution >= 4 is 16.7 Å². The quantitative estimate of drug-likeness (QED) is 0.783. The third kappa shape index (κ3) is 1.82. The van der Waals surface area contributed by atoms with Crippen LogP contribution in [-0.2, 0) is 4.74 Å². The number of aromatic hydroxyl groups is 1. The van der Waals surface area contributed by atoms with Gasteiger partial charge in [-0.05, 0) is 24.4 Å². The lowest BCUT2D eigenvalue weighted by molar-refractivity contribution is 0.0519. The highest BCUT2D eigenvalue weighted by Crippen LogP contribution is 2.23. The normalized spacial score (nSPS) is 10.3. The zero-order valence-corrected chi connectivity index (χ0v) is 8.80. The summed E-state index contributed by atoms with van der Waals surface area (Å²) in [6.45, 7) is 2.06. The van der Waals surface area contributed by atoms with E-state index in [0.29, 0.717) is 12.0 Å². The van der Waals surface area contributed by atoms with Crippen molar-refractivity contribution in [1.29, 1.82) is 0 Å². The summed E-state index contributed by atoms with van der Waals surface area (Å²) in [4.78, 5) is 15.4. The number of rotatable bonds is 2. The van der Waals surface area contributed by atoms with Crippen LogP contribution in [0.25, 0.3) is 10.8 Å². The summed E-state index contributed by atoms with van der Waals surface area (Å²) in [6.07, 6.45) is 1.47. The molecule has 0 saturated carbocycles. The molecule has 0 fully saturated rings.